The van der Waals surface area contributed by atoms with E-state index in [2.05, 4.69) is 5.32 Å². The molecule has 184 valence electrons. The quantitative estimate of drug-likeness (QED) is 0.331. The number of ether oxygens (including phenoxy) is 3. The molecule has 2 aromatic rings. The van der Waals surface area contributed by atoms with Gasteiger partial charge in [0.15, 0.2) is 23.9 Å². The van der Waals surface area contributed by atoms with Crippen LogP contribution in [0.25, 0.3) is 0 Å². The summed E-state index contributed by atoms with van der Waals surface area (Å²) in [5, 5.41) is 3.31. The van der Waals surface area contributed by atoms with Crippen LogP contribution in [0.15, 0.2) is 42.5 Å². The highest BCUT2D eigenvalue weighted by molar-refractivity contribution is 6.22. The zero-order chi connectivity index (χ0) is 24.9. The Hall–Kier alpha value is -3.72. The molecule has 1 saturated carbocycles. The van der Waals surface area contributed by atoms with E-state index in [9.17, 15) is 19.2 Å². The number of anilines is 1. The maximum absolute atomic E-state index is 12.8. The lowest BCUT2D eigenvalue weighted by atomic mass is 10.1. The van der Waals surface area contributed by atoms with Crippen molar-refractivity contribution in [1.82, 2.24) is 5.32 Å². The monoisotopic (exact) mass is 480 g/mol. The van der Waals surface area contributed by atoms with Gasteiger partial charge in [0.2, 0.25) is 5.91 Å². The van der Waals surface area contributed by atoms with Gasteiger partial charge >= 0.3 is 5.97 Å². The highest BCUT2D eigenvalue weighted by Gasteiger charge is 2.40. The third-order valence-corrected chi connectivity index (χ3v) is 6.34. The lowest BCUT2D eigenvalue weighted by molar-refractivity contribution is -0.121. The largest absolute Gasteiger partial charge is 0.493 e. The average molecular weight is 481 g/mol. The third-order valence-electron chi connectivity index (χ3n) is 6.34. The van der Waals surface area contributed by atoms with Crippen LogP contribution in [0.4, 0.5) is 5.69 Å². The Morgan fingerprint density at radius 2 is 1.60 bits per heavy atom. The van der Waals surface area contributed by atoms with E-state index in [1.54, 1.807) is 12.1 Å². The summed E-state index contributed by atoms with van der Waals surface area (Å²) in [7, 11) is 2.96. The molecule has 9 heteroatoms. The number of carbonyl (C=O) groups excluding carboxylic acids is 4. The van der Waals surface area contributed by atoms with E-state index in [-0.39, 0.29) is 29.8 Å². The van der Waals surface area contributed by atoms with Gasteiger partial charge in [-0.1, -0.05) is 12.8 Å². The molecule has 1 N–H and O–H groups in total. The molecule has 0 aromatic heterocycles. The van der Waals surface area contributed by atoms with Gasteiger partial charge in [-0.05, 0) is 55.3 Å². The van der Waals surface area contributed by atoms with Gasteiger partial charge in [0, 0.05) is 11.6 Å². The summed E-state index contributed by atoms with van der Waals surface area (Å²) >= 11 is 0. The molecule has 4 rings (SSSR count). The molecule has 0 spiro atoms. The third kappa shape index (κ3) is 5.35. The molecular formula is C26H28N2O7. The number of benzene rings is 2. The molecule has 1 aliphatic carbocycles. The first-order valence-corrected chi connectivity index (χ1v) is 11.6. The van der Waals surface area contributed by atoms with Gasteiger partial charge in [-0.15, -0.1) is 0 Å². The van der Waals surface area contributed by atoms with Crippen molar-refractivity contribution < 1.29 is 33.4 Å². The van der Waals surface area contributed by atoms with Gasteiger partial charge in [0.25, 0.3) is 5.91 Å². The van der Waals surface area contributed by atoms with Gasteiger partial charge in [0.05, 0.1) is 37.9 Å². The van der Waals surface area contributed by atoms with Crippen LogP contribution in [-0.2, 0) is 14.3 Å². The number of carbonyl (C=O) groups is 4. The molecule has 0 radical (unpaired) electrons. The van der Waals surface area contributed by atoms with E-state index < -0.39 is 24.4 Å². The van der Waals surface area contributed by atoms with Crippen molar-refractivity contribution in [1.29, 1.82) is 0 Å². The van der Waals surface area contributed by atoms with Gasteiger partial charge in [-0.25, -0.2) is 9.69 Å². The van der Waals surface area contributed by atoms with E-state index in [1.807, 2.05) is 0 Å². The second-order valence-electron chi connectivity index (χ2n) is 8.59. The predicted molar refractivity (Wildman–Crippen MR) is 127 cm³/mol. The van der Waals surface area contributed by atoms with Crippen LogP contribution in [-0.4, -0.2) is 56.5 Å². The lowest BCUT2D eigenvalue weighted by Gasteiger charge is -2.18. The Morgan fingerprint density at radius 1 is 0.943 bits per heavy atom. The van der Waals surface area contributed by atoms with Crippen LogP contribution in [0.2, 0.25) is 0 Å². The summed E-state index contributed by atoms with van der Waals surface area (Å²) in [6.45, 7) is -0.451. The first kappa shape index (κ1) is 24.4. The molecule has 2 aromatic carbocycles. The number of imide groups is 1. The van der Waals surface area contributed by atoms with Crippen LogP contribution in [0.1, 0.15) is 52.8 Å². The summed E-state index contributed by atoms with van der Waals surface area (Å²) in [5.74, 6) is -0.766. The fourth-order valence-electron chi connectivity index (χ4n) is 4.46. The van der Waals surface area contributed by atoms with Crippen molar-refractivity contribution in [3.8, 4) is 11.5 Å². The predicted octanol–water partition coefficient (Wildman–Crippen LogP) is 2.91. The first-order chi connectivity index (χ1) is 16.9. The van der Waals surface area contributed by atoms with Crippen LogP contribution < -0.4 is 19.7 Å². The minimum absolute atomic E-state index is 0.122. The fraction of sp³-hybridized carbons (Fsp3) is 0.385. The summed E-state index contributed by atoms with van der Waals surface area (Å²) in [4.78, 5) is 51.4. The zero-order valence-electron chi connectivity index (χ0n) is 19.7. The molecule has 1 heterocycles. The minimum atomic E-state index is -0.690. The molecule has 2 fully saturated rings. The standard InChI is InChI=1S/C26H28N2O7/c1-33-22-12-9-17(13-23(22)34-2)21(29)15-35-26(32)16-7-10-19(11-8-16)28-24(30)14-20(25(28)31)27-18-5-3-4-6-18/h7-13,18,20,27H,3-6,14-15H2,1-2H3. The summed E-state index contributed by atoms with van der Waals surface area (Å²) in [6.07, 6.45) is 4.42. The summed E-state index contributed by atoms with van der Waals surface area (Å²) < 4.78 is 15.5. The van der Waals surface area contributed by atoms with Crippen molar-refractivity contribution >= 4 is 29.3 Å². The Balaban J connectivity index is 1.35. The maximum Gasteiger partial charge on any atom is 0.338 e. The molecule has 9 nitrogen and oxygen atoms in total. The van der Waals surface area contributed by atoms with Crippen molar-refractivity contribution in [2.45, 2.75) is 44.2 Å². The number of ketones is 1. The van der Waals surface area contributed by atoms with Gasteiger partial charge in [0.1, 0.15) is 0 Å². The molecule has 1 aliphatic heterocycles. The molecule has 1 atom stereocenters. The number of nitrogens with zero attached hydrogens (tertiary/aromatic N) is 1. The smallest absolute Gasteiger partial charge is 0.338 e. The highest BCUT2D eigenvalue weighted by atomic mass is 16.5. The average Bonchev–Trinajstić information content (AvgIpc) is 3.49. The summed E-state index contributed by atoms with van der Waals surface area (Å²) in [6, 6.07) is 10.4. The fourth-order valence-corrected chi connectivity index (χ4v) is 4.46. The number of esters is 1. The van der Waals surface area contributed by atoms with Crippen molar-refractivity contribution in [3.63, 3.8) is 0 Å². The molecule has 1 unspecified atom stereocenters. The van der Waals surface area contributed by atoms with Crippen molar-refractivity contribution in [2.24, 2.45) is 0 Å². The van der Waals surface area contributed by atoms with Gasteiger partial charge < -0.3 is 19.5 Å². The Labute approximate surface area is 203 Å². The number of rotatable bonds is 9. The molecule has 0 bridgehead atoms. The first-order valence-electron chi connectivity index (χ1n) is 11.6. The number of Topliss-reactive ketones (excluding diaryl/α,β-unsaturated/α-hetero) is 1. The van der Waals surface area contributed by atoms with Crippen LogP contribution >= 0.6 is 0 Å². The molecule has 2 amide bonds. The van der Waals surface area contributed by atoms with Crippen LogP contribution in [0, 0.1) is 0 Å². The second kappa shape index (κ2) is 10.7. The maximum atomic E-state index is 12.8. The Kier molecular flexibility index (Phi) is 7.45. The highest BCUT2D eigenvalue weighted by Crippen LogP contribution is 2.28. The number of nitrogens with one attached hydrogen (secondary N) is 1. The van der Waals surface area contributed by atoms with Gasteiger partial charge in [-0.3, -0.25) is 14.4 Å². The van der Waals surface area contributed by atoms with E-state index in [0.29, 0.717) is 22.7 Å². The van der Waals surface area contributed by atoms with Crippen LogP contribution in [0.3, 0.4) is 0 Å². The second-order valence-corrected chi connectivity index (χ2v) is 8.59. The molecule has 1 saturated heterocycles. The molecule has 2 aliphatic rings. The molecule has 35 heavy (non-hydrogen) atoms. The topological polar surface area (TPSA) is 111 Å². The van der Waals surface area contributed by atoms with Crippen molar-refractivity contribution in [3.05, 3.63) is 53.6 Å². The van der Waals surface area contributed by atoms with E-state index >= 15 is 0 Å². The number of amides is 2. The number of hydrogen-bond donors (Lipinski definition) is 1. The summed E-state index contributed by atoms with van der Waals surface area (Å²) in [5.41, 5.74) is 0.917. The van der Waals surface area contributed by atoms with Crippen LogP contribution in [0.5, 0.6) is 11.5 Å². The van der Waals surface area contributed by atoms with E-state index in [0.717, 1.165) is 30.6 Å². The Bertz CT molecular complexity index is 1120. The Morgan fingerprint density at radius 3 is 2.26 bits per heavy atom. The minimum Gasteiger partial charge on any atom is -0.493 e. The lowest BCUT2D eigenvalue weighted by Crippen LogP contribution is -2.42. The normalized spacial score (nSPS) is 18.1. The zero-order valence-corrected chi connectivity index (χ0v) is 19.7. The van der Waals surface area contributed by atoms with Crippen molar-refractivity contribution in [2.75, 3.05) is 25.7 Å². The number of hydrogen-bond acceptors (Lipinski definition) is 8. The molecular weight excluding hydrogens is 452 g/mol. The van der Waals surface area contributed by atoms with E-state index in [1.165, 1.54) is 44.6 Å². The van der Waals surface area contributed by atoms with Gasteiger partial charge in [-0.2, -0.15) is 0 Å². The SMILES string of the molecule is COc1ccc(C(=O)COC(=O)c2ccc(N3C(=O)CC(NC4CCCC4)C3=O)cc2)cc1OC. The number of methoxy groups -OCH3 is 2. The van der Waals surface area contributed by atoms with E-state index in [4.69, 9.17) is 14.2 Å².